The zero-order valence-corrected chi connectivity index (χ0v) is 48.2. The van der Waals surface area contributed by atoms with Crippen LogP contribution >= 0.6 is 0 Å². The van der Waals surface area contributed by atoms with Crippen LogP contribution in [0, 0.1) is 75.4 Å². The van der Waals surface area contributed by atoms with Gasteiger partial charge in [-0.25, -0.2) is 9.59 Å². The number of likely N-dealkylation sites (N-methyl/N-ethyl adjacent to an activating group) is 1. The highest BCUT2D eigenvalue weighted by Gasteiger charge is 2.67. The molecule has 0 heterocycles. The summed E-state index contributed by atoms with van der Waals surface area (Å²) in [7, 11) is 3.55. The van der Waals surface area contributed by atoms with E-state index in [2.05, 4.69) is 81.1 Å². The number of nitrogens with zero attached hydrogens (tertiary/aromatic N) is 1. The van der Waals surface area contributed by atoms with Gasteiger partial charge in [0.1, 0.15) is 17.3 Å². The van der Waals surface area contributed by atoms with Crippen molar-refractivity contribution in [1.82, 2.24) is 5.32 Å². The van der Waals surface area contributed by atoms with Crippen LogP contribution in [0.1, 0.15) is 176 Å². The van der Waals surface area contributed by atoms with Gasteiger partial charge in [0.25, 0.3) is 0 Å². The molecule has 6 fully saturated rings. The van der Waals surface area contributed by atoms with Crippen molar-refractivity contribution in [3.05, 3.63) is 52.6 Å². The van der Waals surface area contributed by atoms with E-state index in [1.165, 1.54) is 29.4 Å². The summed E-state index contributed by atoms with van der Waals surface area (Å²) in [5.74, 6) is 8.24. The summed E-state index contributed by atoms with van der Waals surface area (Å²) in [4.78, 5) is 53.0. The van der Waals surface area contributed by atoms with Crippen molar-refractivity contribution in [1.29, 1.82) is 0 Å². The maximum atomic E-state index is 13.7. The third-order valence-corrected chi connectivity index (χ3v) is 21.7. The number of anilines is 1. The Morgan fingerprint density at radius 3 is 2.43 bits per heavy atom. The lowest BCUT2D eigenvalue weighted by Crippen LogP contribution is -2.63. The van der Waals surface area contributed by atoms with Crippen LogP contribution in [0.2, 0.25) is 0 Å². The van der Waals surface area contributed by atoms with Gasteiger partial charge in [0.15, 0.2) is 5.78 Å². The van der Waals surface area contributed by atoms with Crippen molar-refractivity contribution in [2.24, 2.45) is 63.6 Å². The molecule has 1 aromatic rings. The molecule has 16 atom stereocenters. The maximum Gasteiger partial charge on any atom is 0.508 e. The van der Waals surface area contributed by atoms with Crippen molar-refractivity contribution < 1.29 is 53.1 Å². The zero-order valence-electron chi connectivity index (χ0n) is 48.2. The number of carbonyl (C=O) groups excluding carboxylic acids is 4. The van der Waals surface area contributed by atoms with E-state index >= 15 is 0 Å². The predicted molar refractivity (Wildman–Crippen MR) is 296 cm³/mol. The number of alkyl carbamates (subject to hydrolysis) is 1. The Kier molecular flexibility index (Phi) is 16.8. The second-order valence-corrected chi connectivity index (χ2v) is 26.7. The molecule has 0 aliphatic heterocycles. The first-order chi connectivity index (χ1) is 36.5. The molecule has 8 aliphatic carbocycles. The van der Waals surface area contributed by atoms with E-state index in [0.29, 0.717) is 76.5 Å². The summed E-state index contributed by atoms with van der Waals surface area (Å²) in [6.07, 6.45) is 13.1. The normalized spacial score (nSPS) is 37.4. The molecule has 9 rings (SSSR count). The van der Waals surface area contributed by atoms with Crippen LogP contribution in [0.3, 0.4) is 0 Å². The average molecular weight is 1070 g/mol. The Bertz CT molecular complexity index is 2490. The number of hydrogen-bond acceptors (Lipinski definition) is 12. The summed E-state index contributed by atoms with van der Waals surface area (Å²) in [6.45, 7) is 18.1. The summed E-state index contributed by atoms with van der Waals surface area (Å²) in [5.41, 5.74) is 4.10. The average Bonchev–Trinajstić information content (AvgIpc) is 4.06. The number of hydrogen-bond donors (Lipinski definition) is 3. The number of ketones is 1. The molecule has 0 spiro atoms. The van der Waals surface area contributed by atoms with Crippen LogP contribution in [0.25, 0.3) is 0 Å². The third-order valence-electron chi connectivity index (χ3n) is 21.7. The molecule has 77 heavy (non-hydrogen) atoms. The minimum atomic E-state index is -1.01. The van der Waals surface area contributed by atoms with Crippen LogP contribution in [-0.4, -0.2) is 104 Å². The van der Waals surface area contributed by atoms with Gasteiger partial charge in [0.2, 0.25) is 0 Å². The van der Waals surface area contributed by atoms with Gasteiger partial charge in [0.05, 0.1) is 32.5 Å². The number of esters is 1. The molecule has 1 amide bonds. The fourth-order valence-electron chi connectivity index (χ4n) is 17.7. The number of ether oxygens (including phenoxy) is 5. The van der Waals surface area contributed by atoms with Gasteiger partial charge in [-0.2, -0.15) is 0 Å². The van der Waals surface area contributed by atoms with Crippen LogP contribution in [0.15, 0.2) is 47.1 Å². The molecule has 0 radical (unpaired) electrons. The van der Waals surface area contributed by atoms with E-state index in [4.69, 9.17) is 23.7 Å². The number of carbonyl (C=O) groups is 4. The lowest BCUT2D eigenvalue weighted by Gasteiger charge is -2.64. The molecule has 1 aromatic carbocycles. The van der Waals surface area contributed by atoms with Crippen molar-refractivity contribution in [2.75, 3.05) is 45.4 Å². The molecule has 3 unspecified atom stereocenters. The molecule has 13 heteroatoms. The first kappa shape index (κ1) is 57.3. The van der Waals surface area contributed by atoms with E-state index in [1.807, 2.05) is 33.8 Å². The molecule has 0 bridgehead atoms. The Morgan fingerprint density at radius 1 is 0.935 bits per heavy atom. The topological polar surface area (TPSA) is 170 Å². The molecule has 8 aliphatic rings. The number of aliphatic hydroxyl groups is 2. The molecule has 3 N–H and O–H groups in total. The molecule has 6 saturated carbocycles. The summed E-state index contributed by atoms with van der Waals surface area (Å²) >= 11 is 0. The van der Waals surface area contributed by atoms with E-state index in [1.54, 1.807) is 0 Å². The van der Waals surface area contributed by atoms with Gasteiger partial charge in [-0.3, -0.25) is 9.59 Å². The van der Waals surface area contributed by atoms with Crippen molar-refractivity contribution >= 4 is 29.7 Å². The minimum Gasteiger partial charge on any atom is -0.469 e. The fourth-order valence-corrected chi connectivity index (χ4v) is 17.7. The number of methoxy groups -OCH3 is 1. The highest BCUT2D eigenvalue weighted by atomic mass is 16.7. The lowest BCUT2D eigenvalue weighted by atomic mass is 9.43. The van der Waals surface area contributed by atoms with Gasteiger partial charge >= 0.3 is 18.2 Å². The smallest absolute Gasteiger partial charge is 0.469 e. The second-order valence-electron chi connectivity index (χ2n) is 26.7. The molecular formula is C64H92N2O11. The van der Waals surface area contributed by atoms with Gasteiger partial charge in [0, 0.05) is 55.9 Å². The summed E-state index contributed by atoms with van der Waals surface area (Å²) in [6, 6.07) is 9.04. The monoisotopic (exact) mass is 1060 g/mol. The molecule has 0 saturated heterocycles. The van der Waals surface area contributed by atoms with Gasteiger partial charge in [-0.15, -0.1) is 5.92 Å². The highest BCUT2D eigenvalue weighted by Crippen LogP contribution is 2.70. The Labute approximate surface area is 459 Å². The van der Waals surface area contributed by atoms with Gasteiger partial charge in [-0.05, 0) is 211 Å². The molecule has 0 aromatic heterocycles. The SMILES string of the molecule is CC#C[C@]1(O)CCC2C3CCC4=CC(=O)CCC4=C3[C@@H](c3ccc(N(C)CCO[C@H]4CC[C@@]5(C)[C@@H](C4)C[C@@H](OC(=O)OCCCNC(=O)OC(C)(C)C)[C@@H]4[C@@H]5C[C@H](O)[C@]5(C)C([C@H](C)CCC(=O)OC)CC[C@@H]45)cc3)C[C@@]21C. The predicted octanol–water partition coefficient (Wildman–Crippen LogP) is 11.4. The van der Waals surface area contributed by atoms with Gasteiger partial charge < -0.3 is 44.1 Å². The number of benzene rings is 1. The van der Waals surface area contributed by atoms with Crippen LogP contribution < -0.4 is 10.2 Å². The van der Waals surface area contributed by atoms with E-state index in [9.17, 15) is 29.4 Å². The van der Waals surface area contributed by atoms with Crippen LogP contribution in [0.4, 0.5) is 15.3 Å². The summed E-state index contributed by atoms with van der Waals surface area (Å²) < 4.78 is 29.3. The zero-order chi connectivity index (χ0) is 55.2. The molecular weight excluding hydrogens is 973 g/mol. The quantitative estimate of drug-likeness (QED) is 0.0658. The Hall–Kier alpha value is -4.38. The standard InChI is InChI=1S/C64H92N2O11/c1-11-27-64(72)29-26-50-47-20-16-41-34-44(67)19-21-46(41)56(47)48(38-62(50,64)7)40-14-17-43(18-15-40)66(9)31-33-74-45-25-28-61(6)42(35-45)36-53(76-59(71)75-32-12-30-65-58(70)77-60(3,4)5)57-51-23-22-49(39(2)13-24-55(69)73-10)63(51,8)54(68)37-52(57)61/h14-15,17-18,34,39,42,45,47-54,57,68,72H,12-13,16,19-26,28-33,35-38H2,1-10H3,(H,65,70)/t39-,42+,45+,47?,48-,49?,50?,51+,52+,53-,54+,57+,61+,62+,63-,64+/m1/s1. The largest absolute Gasteiger partial charge is 0.508 e. The first-order valence-corrected chi connectivity index (χ1v) is 29.6. The van der Waals surface area contributed by atoms with Crippen molar-refractivity contribution in [3.63, 3.8) is 0 Å². The number of aliphatic hydroxyl groups excluding tert-OH is 1. The van der Waals surface area contributed by atoms with Crippen LogP contribution in [0.5, 0.6) is 0 Å². The maximum absolute atomic E-state index is 13.7. The number of rotatable bonds is 15. The second kappa shape index (κ2) is 22.6. The lowest BCUT2D eigenvalue weighted by molar-refractivity contribution is -0.211. The van der Waals surface area contributed by atoms with Crippen LogP contribution in [-0.2, 0) is 33.3 Å². The highest BCUT2D eigenvalue weighted by molar-refractivity contribution is 5.93. The molecule has 13 nitrogen and oxygen atoms in total. The van der Waals surface area contributed by atoms with E-state index in [0.717, 1.165) is 69.9 Å². The van der Waals surface area contributed by atoms with Gasteiger partial charge in [-0.1, -0.05) is 51.3 Å². The fraction of sp³-hybridized carbons (Fsp3) is 0.750. The minimum absolute atomic E-state index is 0.0471. The summed E-state index contributed by atoms with van der Waals surface area (Å²) in [5, 5.41) is 27.3. The number of allylic oxidation sites excluding steroid dienone is 4. The number of fused-ring (bicyclic) bond motifs is 9. The van der Waals surface area contributed by atoms with Crippen molar-refractivity contribution in [2.45, 2.75) is 200 Å². The number of amides is 1. The van der Waals surface area contributed by atoms with Crippen molar-refractivity contribution in [3.8, 4) is 11.8 Å². The third kappa shape index (κ3) is 11.1. The number of nitrogens with one attached hydrogen (secondary N) is 1. The Morgan fingerprint density at radius 2 is 1.70 bits per heavy atom. The Balaban J connectivity index is 0.861. The molecule has 424 valence electrons. The van der Waals surface area contributed by atoms with E-state index in [-0.39, 0.29) is 76.7 Å². The first-order valence-electron chi connectivity index (χ1n) is 29.6. The van der Waals surface area contributed by atoms with E-state index < -0.39 is 41.1 Å².